The minimum atomic E-state index is -1.32. The summed E-state index contributed by atoms with van der Waals surface area (Å²) in [6.45, 7) is 7.50. The van der Waals surface area contributed by atoms with Gasteiger partial charge in [0.15, 0.2) is 11.6 Å². The molecular weight excluding hydrogens is 807 g/mol. The third-order valence-electron chi connectivity index (χ3n) is 10.4. The van der Waals surface area contributed by atoms with Gasteiger partial charge in [0.25, 0.3) is 11.8 Å². The quantitative estimate of drug-likeness (QED) is 0.0858. The SMILES string of the molecule is C[C@H](CC(=O)[C@H](C)NC(=O)CN1C(=O)C=CC1=O)C(=O)N[C@@H](CC(N)=O)C(=O)CCCCN(C(=O)CO)[C@@H](c1cc(-c2cc(F)ccc2F)cn1Cc1ccccc1)C(C)(C)C. The van der Waals surface area contributed by atoms with Crippen LogP contribution < -0.4 is 16.4 Å². The number of nitrogens with two attached hydrogens (primary N) is 1. The highest BCUT2D eigenvalue weighted by Crippen LogP contribution is 2.41. The maximum atomic E-state index is 15.1. The number of amides is 6. The van der Waals surface area contributed by atoms with Crippen LogP contribution >= 0.6 is 0 Å². The van der Waals surface area contributed by atoms with Gasteiger partial charge >= 0.3 is 0 Å². The Hall–Kier alpha value is -6.36. The van der Waals surface area contributed by atoms with Crippen molar-refractivity contribution in [2.45, 2.75) is 91.4 Å². The zero-order chi connectivity index (χ0) is 45.9. The van der Waals surface area contributed by atoms with Crippen LogP contribution in [0.25, 0.3) is 11.1 Å². The fourth-order valence-electron chi connectivity index (χ4n) is 7.29. The second-order valence-electron chi connectivity index (χ2n) is 16.5. The van der Waals surface area contributed by atoms with Crippen LogP contribution in [0.5, 0.6) is 0 Å². The molecule has 1 aliphatic heterocycles. The van der Waals surface area contributed by atoms with Crippen LogP contribution in [0.15, 0.2) is 72.9 Å². The van der Waals surface area contributed by atoms with Crippen molar-refractivity contribution in [3.63, 3.8) is 0 Å². The van der Waals surface area contributed by atoms with Crippen molar-refractivity contribution < 1.29 is 52.2 Å². The number of Topliss-reactive ketones (excluding diaryl/α,β-unsaturated/α-hetero) is 2. The van der Waals surface area contributed by atoms with Crippen molar-refractivity contribution in [3.05, 3.63) is 95.8 Å². The fraction of sp³-hybridized carbons (Fsp3) is 0.422. The van der Waals surface area contributed by atoms with Gasteiger partial charge in [-0.25, -0.2) is 8.78 Å². The number of benzene rings is 2. The van der Waals surface area contributed by atoms with E-state index in [0.717, 1.165) is 35.9 Å². The van der Waals surface area contributed by atoms with Crippen LogP contribution in [0.1, 0.15) is 84.0 Å². The summed E-state index contributed by atoms with van der Waals surface area (Å²) in [5.41, 5.74) is 6.67. The van der Waals surface area contributed by atoms with Gasteiger partial charge in [-0.2, -0.15) is 0 Å². The largest absolute Gasteiger partial charge is 0.387 e. The van der Waals surface area contributed by atoms with Crippen molar-refractivity contribution >= 4 is 47.0 Å². The third kappa shape index (κ3) is 13.1. The maximum Gasteiger partial charge on any atom is 0.254 e. The number of aliphatic hydroxyl groups excluding tert-OH is 1. The molecule has 3 aromatic rings. The Bertz CT molecular complexity index is 2180. The van der Waals surface area contributed by atoms with Gasteiger partial charge in [-0.15, -0.1) is 0 Å². The van der Waals surface area contributed by atoms with Crippen molar-refractivity contribution in [2.75, 3.05) is 19.7 Å². The fourth-order valence-corrected chi connectivity index (χ4v) is 7.29. The summed E-state index contributed by atoms with van der Waals surface area (Å²) in [4.78, 5) is 103. The molecule has 2 heterocycles. The Kier molecular flexibility index (Phi) is 16.7. The zero-order valence-corrected chi connectivity index (χ0v) is 35.5. The number of hydrogen-bond acceptors (Lipinski definition) is 9. The highest BCUT2D eigenvalue weighted by atomic mass is 19.1. The molecule has 0 saturated carbocycles. The Morgan fingerprint density at radius 2 is 1.53 bits per heavy atom. The topological polar surface area (TPSA) is 218 Å². The molecule has 15 nitrogen and oxygen atoms in total. The van der Waals surface area contributed by atoms with Crippen LogP contribution in [0.3, 0.4) is 0 Å². The monoisotopic (exact) mass is 860 g/mol. The molecule has 1 aromatic heterocycles. The molecule has 0 radical (unpaired) electrons. The van der Waals surface area contributed by atoms with Crippen LogP contribution in [0, 0.1) is 23.0 Å². The van der Waals surface area contributed by atoms with E-state index in [1.807, 2.05) is 55.7 Å². The Labute approximate surface area is 358 Å². The number of unbranched alkanes of at least 4 members (excludes halogenated alkanes) is 1. The molecule has 4 atom stereocenters. The summed E-state index contributed by atoms with van der Waals surface area (Å²) in [6.07, 6.45) is 3.16. The lowest BCUT2D eigenvalue weighted by molar-refractivity contribution is -0.141. The van der Waals surface area contributed by atoms with E-state index >= 15 is 4.39 Å². The molecule has 0 aliphatic carbocycles. The van der Waals surface area contributed by atoms with Gasteiger partial charge < -0.3 is 30.9 Å². The van der Waals surface area contributed by atoms with Crippen LogP contribution in [0.2, 0.25) is 0 Å². The third-order valence-corrected chi connectivity index (χ3v) is 10.4. The number of nitrogens with zero attached hydrogens (tertiary/aromatic N) is 3. The first kappa shape index (κ1) is 48.3. The van der Waals surface area contributed by atoms with E-state index in [2.05, 4.69) is 10.6 Å². The number of nitrogens with one attached hydrogen (secondary N) is 2. The molecule has 0 saturated heterocycles. The molecule has 5 N–H and O–H groups in total. The van der Waals surface area contributed by atoms with Gasteiger partial charge in [-0.05, 0) is 55.0 Å². The van der Waals surface area contributed by atoms with E-state index in [9.17, 15) is 47.9 Å². The Morgan fingerprint density at radius 3 is 2.15 bits per heavy atom. The van der Waals surface area contributed by atoms with Gasteiger partial charge in [-0.3, -0.25) is 43.3 Å². The number of aliphatic hydroxyl groups is 1. The average Bonchev–Trinajstić information content (AvgIpc) is 3.76. The molecule has 0 fully saturated rings. The molecule has 17 heteroatoms. The summed E-state index contributed by atoms with van der Waals surface area (Å²) in [5, 5.41) is 15.1. The lowest BCUT2D eigenvalue weighted by atomic mass is 9.82. The second kappa shape index (κ2) is 21.4. The van der Waals surface area contributed by atoms with Crippen LogP contribution in [0.4, 0.5) is 8.78 Å². The number of carbonyl (C=O) groups excluding carboxylic acids is 8. The molecule has 0 bridgehead atoms. The van der Waals surface area contributed by atoms with E-state index < -0.39 is 108 Å². The van der Waals surface area contributed by atoms with E-state index in [0.29, 0.717) is 22.7 Å². The van der Waals surface area contributed by atoms with Crippen molar-refractivity contribution in [3.8, 4) is 11.1 Å². The predicted molar refractivity (Wildman–Crippen MR) is 223 cm³/mol. The first-order valence-corrected chi connectivity index (χ1v) is 20.3. The van der Waals surface area contributed by atoms with Gasteiger partial charge in [0.05, 0.1) is 24.5 Å². The molecule has 6 amide bonds. The number of ketones is 2. The van der Waals surface area contributed by atoms with E-state index in [4.69, 9.17) is 5.73 Å². The number of primary amides is 1. The average molecular weight is 861 g/mol. The normalized spacial score (nSPS) is 14.5. The number of aromatic nitrogens is 1. The lowest BCUT2D eigenvalue weighted by Gasteiger charge is -2.41. The van der Waals surface area contributed by atoms with E-state index in [1.54, 1.807) is 12.3 Å². The number of hydrogen-bond donors (Lipinski definition) is 4. The molecule has 62 heavy (non-hydrogen) atoms. The molecule has 332 valence electrons. The standard InChI is InChI=1S/C45H54F2N6O9/c1-27(19-37(56)28(2)49-39(58)25-53-40(59)16-17-41(53)60)44(62)50-34(22-38(48)57)36(55)13-9-10-18-52(42(61)26-54)43(45(3,4)5)35-20-30(32-21-31(46)14-15-33(32)47)24-51(35)23-29-11-7-6-8-12-29/h6-8,11-12,14-17,20-21,24,27-28,34,43,54H,9-10,13,18-19,22-23,25-26H2,1-5H3,(H2,48,57)(H,49,58)(H,50,62)/t27-,28+,34+,43+/m1/s1. The first-order chi connectivity index (χ1) is 29.2. The van der Waals surface area contributed by atoms with Gasteiger partial charge in [-0.1, -0.05) is 58.0 Å². The van der Waals surface area contributed by atoms with E-state index in [1.165, 1.54) is 18.7 Å². The summed E-state index contributed by atoms with van der Waals surface area (Å²) in [5.74, 6) is -7.61. The van der Waals surface area contributed by atoms with Gasteiger partial charge in [0, 0.05) is 67.0 Å². The van der Waals surface area contributed by atoms with Crippen LogP contribution in [-0.2, 0) is 44.9 Å². The number of halogens is 2. The summed E-state index contributed by atoms with van der Waals surface area (Å²) >= 11 is 0. The van der Waals surface area contributed by atoms with Crippen molar-refractivity contribution in [2.24, 2.45) is 17.1 Å². The van der Waals surface area contributed by atoms with Crippen molar-refractivity contribution in [1.82, 2.24) is 25.0 Å². The summed E-state index contributed by atoms with van der Waals surface area (Å²) in [6, 6.07) is 11.2. The molecule has 0 unspecified atom stereocenters. The smallest absolute Gasteiger partial charge is 0.254 e. The summed E-state index contributed by atoms with van der Waals surface area (Å²) in [7, 11) is 0. The molecular formula is C45H54F2N6O9. The maximum absolute atomic E-state index is 15.1. The number of imide groups is 1. The first-order valence-electron chi connectivity index (χ1n) is 20.3. The minimum Gasteiger partial charge on any atom is -0.387 e. The van der Waals surface area contributed by atoms with Gasteiger partial charge in [0.1, 0.15) is 24.8 Å². The lowest BCUT2D eigenvalue weighted by Crippen LogP contribution is -2.47. The summed E-state index contributed by atoms with van der Waals surface area (Å²) < 4.78 is 31.3. The predicted octanol–water partition coefficient (Wildman–Crippen LogP) is 3.51. The van der Waals surface area contributed by atoms with Crippen LogP contribution in [-0.4, -0.2) is 98.3 Å². The Morgan fingerprint density at radius 1 is 0.871 bits per heavy atom. The highest BCUT2D eigenvalue weighted by Gasteiger charge is 2.37. The Balaban J connectivity index is 1.44. The second-order valence-corrected chi connectivity index (χ2v) is 16.5. The van der Waals surface area contributed by atoms with E-state index in [-0.39, 0.29) is 37.8 Å². The molecule has 0 spiro atoms. The highest BCUT2D eigenvalue weighted by molar-refractivity contribution is 6.14. The molecule has 2 aromatic carbocycles. The number of carbonyl (C=O) groups is 8. The minimum absolute atomic E-state index is 0.0339. The number of rotatable bonds is 22. The molecule has 1 aliphatic rings. The molecule has 4 rings (SSSR count). The van der Waals surface area contributed by atoms with Crippen molar-refractivity contribution in [1.29, 1.82) is 0 Å². The van der Waals surface area contributed by atoms with Gasteiger partial charge in [0.2, 0.25) is 23.6 Å². The zero-order valence-electron chi connectivity index (χ0n) is 35.5.